The Kier molecular flexibility index (Phi) is 3.21. The van der Waals surface area contributed by atoms with Gasteiger partial charge in [0, 0.05) is 18.9 Å². The highest BCUT2D eigenvalue weighted by Gasteiger charge is 2.26. The Morgan fingerprint density at radius 3 is 2.78 bits per heavy atom. The second kappa shape index (κ2) is 4.99. The van der Waals surface area contributed by atoms with Crippen molar-refractivity contribution in [3.05, 3.63) is 29.8 Å². The van der Waals surface area contributed by atoms with Crippen LogP contribution < -0.4 is 4.74 Å². The molecule has 1 aromatic carbocycles. The van der Waals surface area contributed by atoms with Crippen LogP contribution in [0.5, 0.6) is 5.75 Å². The summed E-state index contributed by atoms with van der Waals surface area (Å²) in [6.07, 6.45) is 3.33. The normalized spacial score (nSPS) is 24.3. The van der Waals surface area contributed by atoms with Crippen molar-refractivity contribution >= 4 is 0 Å². The van der Waals surface area contributed by atoms with E-state index in [-0.39, 0.29) is 5.92 Å². The van der Waals surface area contributed by atoms with E-state index in [2.05, 4.69) is 29.2 Å². The molecule has 3 nitrogen and oxygen atoms in total. The molecule has 1 unspecified atom stereocenters. The maximum Gasteiger partial charge on any atom is 0.123 e. The summed E-state index contributed by atoms with van der Waals surface area (Å²) in [4.78, 5) is 2.43. The average Bonchev–Trinajstić information content (AvgIpc) is 2.82. The van der Waals surface area contributed by atoms with Gasteiger partial charge in [-0.3, -0.25) is 4.90 Å². The Hall–Kier alpha value is -1.53. The summed E-state index contributed by atoms with van der Waals surface area (Å²) < 4.78 is 5.96. The van der Waals surface area contributed by atoms with E-state index in [1.54, 1.807) is 0 Å². The average molecular weight is 242 g/mol. The summed E-state index contributed by atoms with van der Waals surface area (Å²) in [6, 6.07) is 10.7. The quantitative estimate of drug-likeness (QED) is 0.798. The van der Waals surface area contributed by atoms with Crippen LogP contribution in [0.1, 0.15) is 18.4 Å². The second-order valence-electron chi connectivity index (χ2n) is 5.26. The molecule has 1 atom stereocenters. The van der Waals surface area contributed by atoms with Crippen LogP contribution in [-0.2, 0) is 6.42 Å². The summed E-state index contributed by atoms with van der Waals surface area (Å²) in [5.41, 5.74) is 1.33. The van der Waals surface area contributed by atoms with E-state index in [9.17, 15) is 0 Å². The smallest absolute Gasteiger partial charge is 0.123 e. The van der Waals surface area contributed by atoms with E-state index in [0.717, 1.165) is 44.6 Å². The van der Waals surface area contributed by atoms with Crippen molar-refractivity contribution < 1.29 is 4.74 Å². The van der Waals surface area contributed by atoms with Crippen LogP contribution in [0.4, 0.5) is 0 Å². The first kappa shape index (κ1) is 11.6. The van der Waals surface area contributed by atoms with Crippen molar-refractivity contribution in [2.45, 2.75) is 25.4 Å². The third-order valence-electron chi connectivity index (χ3n) is 3.95. The number of nitriles is 1. The lowest BCUT2D eigenvalue weighted by atomic mass is 9.98. The molecule has 0 aromatic heterocycles. The molecule has 0 bridgehead atoms. The predicted molar refractivity (Wildman–Crippen MR) is 69.3 cm³/mol. The maximum absolute atomic E-state index is 8.89. The SMILES string of the molecule is N#CC1CCN(CC2Cc3ccccc3O2)CC1. The van der Waals surface area contributed by atoms with Crippen molar-refractivity contribution in [1.29, 1.82) is 5.26 Å². The fraction of sp³-hybridized carbons (Fsp3) is 0.533. The molecule has 0 radical (unpaired) electrons. The number of piperidine rings is 1. The minimum Gasteiger partial charge on any atom is -0.488 e. The number of nitrogens with zero attached hydrogens (tertiary/aromatic N) is 2. The molecule has 1 aromatic rings. The molecule has 3 heteroatoms. The third kappa shape index (κ3) is 2.34. The molecule has 0 N–H and O–H groups in total. The number of fused-ring (bicyclic) bond motifs is 1. The van der Waals surface area contributed by atoms with Gasteiger partial charge in [-0.05, 0) is 37.6 Å². The number of benzene rings is 1. The van der Waals surface area contributed by atoms with Gasteiger partial charge in [0.2, 0.25) is 0 Å². The largest absolute Gasteiger partial charge is 0.488 e. The number of rotatable bonds is 2. The Bertz CT molecular complexity index is 433. The zero-order chi connectivity index (χ0) is 12.4. The van der Waals surface area contributed by atoms with E-state index >= 15 is 0 Å². The first-order valence-corrected chi connectivity index (χ1v) is 6.71. The molecule has 1 fully saturated rings. The van der Waals surface area contributed by atoms with Gasteiger partial charge < -0.3 is 4.74 Å². The van der Waals surface area contributed by atoms with Crippen LogP contribution in [0.25, 0.3) is 0 Å². The lowest BCUT2D eigenvalue weighted by Gasteiger charge is -2.30. The highest BCUT2D eigenvalue weighted by molar-refractivity contribution is 5.37. The summed E-state index contributed by atoms with van der Waals surface area (Å²) >= 11 is 0. The highest BCUT2D eigenvalue weighted by Crippen LogP contribution is 2.29. The van der Waals surface area contributed by atoms with Gasteiger partial charge in [0.15, 0.2) is 0 Å². The molecule has 0 saturated carbocycles. The van der Waals surface area contributed by atoms with Crippen molar-refractivity contribution in [2.24, 2.45) is 5.92 Å². The van der Waals surface area contributed by atoms with Crippen molar-refractivity contribution in [3.63, 3.8) is 0 Å². The monoisotopic (exact) mass is 242 g/mol. The van der Waals surface area contributed by atoms with Crippen LogP contribution in [0.2, 0.25) is 0 Å². The summed E-state index contributed by atoms with van der Waals surface area (Å²) in [7, 11) is 0. The molecule has 18 heavy (non-hydrogen) atoms. The van der Waals surface area contributed by atoms with Crippen LogP contribution >= 0.6 is 0 Å². The van der Waals surface area contributed by atoms with Crippen LogP contribution in [0, 0.1) is 17.2 Å². The minimum atomic E-state index is 0.267. The standard InChI is InChI=1S/C15H18N2O/c16-10-12-5-7-17(8-6-12)11-14-9-13-3-1-2-4-15(13)18-14/h1-4,12,14H,5-9,11H2. The van der Waals surface area contributed by atoms with Gasteiger partial charge >= 0.3 is 0 Å². The van der Waals surface area contributed by atoms with Gasteiger partial charge in [-0.1, -0.05) is 18.2 Å². The van der Waals surface area contributed by atoms with Crippen molar-refractivity contribution in [2.75, 3.05) is 19.6 Å². The predicted octanol–water partition coefficient (Wildman–Crippen LogP) is 2.23. The van der Waals surface area contributed by atoms with E-state index in [1.165, 1.54) is 5.56 Å². The molecule has 2 heterocycles. The molecule has 3 rings (SSSR count). The molecule has 0 amide bonds. The minimum absolute atomic E-state index is 0.267. The molecule has 0 aliphatic carbocycles. The highest BCUT2D eigenvalue weighted by atomic mass is 16.5. The number of ether oxygens (including phenoxy) is 1. The van der Waals surface area contributed by atoms with E-state index in [4.69, 9.17) is 10.00 Å². The second-order valence-corrected chi connectivity index (χ2v) is 5.26. The lowest BCUT2D eigenvalue weighted by molar-refractivity contribution is 0.125. The summed E-state index contributed by atoms with van der Waals surface area (Å²) in [6.45, 7) is 3.07. The fourth-order valence-electron chi connectivity index (χ4n) is 2.89. The molecule has 0 spiro atoms. The maximum atomic E-state index is 8.89. The van der Waals surface area contributed by atoms with Gasteiger partial charge in [-0.15, -0.1) is 0 Å². The lowest BCUT2D eigenvalue weighted by Crippen LogP contribution is -2.40. The van der Waals surface area contributed by atoms with Gasteiger partial charge in [-0.2, -0.15) is 5.26 Å². The Morgan fingerprint density at radius 2 is 2.06 bits per heavy atom. The number of hydrogen-bond acceptors (Lipinski definition) is 3. The van der Waals surface area contributed by atoms with E-state index in [0.29, 0.717) is 6.10 Å². The zero-order valence-electron chi connectivity index (χ0n) is 10.5. The van der Waals surface area contributed by atoms with Crippen molar-refractivity contribution in [1.82, 2.24) is 4.90 Å². The molecule has 2 aliphatic rings. The third-order valence-corrected chi connectivity index (χ3v) is 3.95. The summed E-state index contributed by atoms with van der Waals surface area (Å²) in [5.74, 6) is 1.32. The number of likely N-dealkylation sites (tertiary alicyclic amines) is 1. The van der Waals surface area contributed by atoms with Gasteiger partial charge in [0.25, 0.3) is 0 Å². The molecular weight excluding hydrogens is 224 g/mol. The van der Waals surface area contributed by atoms with Crippen LogP contribution in [0.15, 0.2) is 24.3 Å². The molecule has 94 valence electrons. The first-order chi connectivity index (χ1) is 8.85. The zero-order valence-corrected chi connectivity index (χ0v) is 10.5. The number of hydrogen-bond donors (Lipinski definition) is 0. The molecular formula is C15H18N2O. The van der Waals surface area contributed by atoms with Crippen molar-refractivity contribution in [3.8, 4) is 11.8 Å². The first-order valence-electron chi connectivity index (χ1n) is 6.71. The van der Waals surface area contributed by atoms with E-state index < -0.39 is 0 Å². The van der Waals surface area contributed by atoms with Crippen LogP contribution in [0.3, 0.4) is 0 Å². The fourth-order valence-corrected chi connectivity index (χ4v) is 2.89. The Balaban J connectivity index is 1.53. The van der Waals surface area contributed by atoms with Gasteiger partial charge in [-0.25, -0.2) is 0 Å². The Morgan fingerprint density at radius 1 is 1.28 bits per heavy atom. The van der Waals surface area contributed by atoms with Gasteiger partial charge in [0.1, 0.15) is 11.9 Å². The summed E-state index contributed by atoms with van der Waals surface area (Å²) in [5, 5.41) is 8.89. The van der Waals surface area contributed by atoms with E-state index in [1.807, 2.05) is 6.07 Å². The van der Waals surface area contributed by atoms with Crippen LogP contribution in [-0.4, -0.2) is 30.6 Å². The molecule has 2 aliphatic heterocycles. The topological polar surface area (TPSA) is 36.3 Å². The number of para-hydroxylation sites is 1. The van der Waals surface area contributed by atoms with Gasteiger partial charge in [0.05, 0.1) is 6.07 Å². The Labute approximate surface area is 108 Å². The molecule has 1 saturated heterocycles.